The molecule has 2 N–H and O–H groups in total. The van der Waals surface area contributed by atoms with Gasteiger partial charge < -0.3 is 5.73 Å². The van der Waals surface area contributed by atoms with Gasteiger partial charge in [-0.3, -0.25) is 4.98 Å². The molecule has 0 saturated heterocycles. The highest BCUT2D eigenvalue weighted by molar-refractivity contribution is 7.07. The van der Waals surface area contributed by atoms with Crippen LogP contribution in [0.1, 0.15) is 35.3 Å². The second-order valence-corrected chi connectivity index (χ2v) is 4.85. The van der Waals surface area contributed by atoms with Gasteiger partial charge in [-0.25, -0.2) is 4.98 Å². The molecule has 0 radical (unpaired) electrons. The number of rotatable bonds is 2. The number of nitrogens with two attached hydrogens (primary N) is 1. The Labute approximate surface area is 98.4 Å². The van der Waals surface area contributed by atoms with Crippen molar-refractivity contribution in [3.63, 3.8) is 0 Å². The van der Waals surface area contributed by atoms with Gasteiger partial charge in [0.1, 0.15) is 0 Å². The topological polar surface area (TPSA) is 51.8 Å². The molecule has 2 unspecified atom stereocenters. The van der Waals surface area contributed by atoms with E-state index in [9.17, 15) is 0 Å². The van der Waals surface area contributed by atoms with E-state index >= 15 is 0 Å². The molecule has 3 nitrogen and oxygen atoms in total. The number of thiazole rings is 1. The molecule has 0 amide bonds. The van der Waals surface area contributed by atoms with Crippen LogP contribution >= 0.6 is 11.3 Å². The minimum atomic E-state index is -0.0117. The van der Waals surface area contributed by atoms with Crippen molar-refractivity contribution < 1.29 is 0 Å². The highest BCUT2D eigenvalue weighted by Crippen LogP contribution is 2.38. The molecule has 1 aliphatic rings. The number of pyridine rings is 1. The average Bonchev–Trinajstić information content (AvgIpc) is 2.98. The predicted octanol–water partition coefficient (Wildman–Crippen LogP) is 2.27. The molecule has 2 heterocycles. The summed E-state index contributed by atoms with van der Waals surface area (Å²) in [6, 6.07) is 4.13. The number of aryl methyl sites for hydroxylation is 1. The van der Waals surface area contributed by atoms with Crippen molar-refractivity contribution in [2.24, 2.45) is 5.73 Å². The zero-order chi connectivity index (χ0) is 11.0. The maximum atomic E-state index is 6.26. The maximum absolute atomic E-state index is 6.26. The number of fused-ring (bicyclic) bond motifs is 1. The summed E-state index contributed by atoms with van der Waals surface area (Å²) in [7, 11) is 0. The van der Waals surface area contributed by atoms with Gasteiger partial charge in [-0.15, -0.1) is 11.3 Å². The molecule has 0 fully saturated rings. The first-order valence-corrected chi connectivity index (χ1v) is 6.38. The number of hydrogen-bond acceptors (Lipinski definition) is 4. The smallest absolute Gasteiger partial charge is 0.0795 e. The van der Waals surface area contributed by atoms with Crippen LogP contribution in [0.3, 0.4) is 0 Å². The monoisotopic (exact) mass is 231 g/mol. The molecular weight excluding hydrogens is 218 g/mol. The molecule has 16 heavy (non-hydrogen) atoms. The zero-order valence-electron chi connectivity index (χ0n) is 8.84. The third-order valence-electron chi connectivity index (χ3n) is 3.23. The summed E-state index contributed by atoms with van der Waals surface area (Å²) in [5, 5.41) is 2.03. The molecule has 2 atom stereocenters. The molecule has 0 aromatic carbocycles. The van der Waals surface area contributed by atoms with Gasteiger partial charge in [0.15, 0.2) is 0 Å². The lowest BCUT2D eigenvalue weighted by Gasteiger charge is -2.17. The Morgan fingerprint density at radius 1 is 1.44 bits per heavy atom. The minimum absolute atomic E-state index is 0.0117. The molecule has 0 saturated carbocycles. The lowest BCUT2D eigenvalue weighted by atomic mass is 9.96. The third kappa shape index (κ3) is 1.54. The van der Waals surface area contributed by atoms with Gasteiger partial charge in [0.05, 0.1) is 17.2 Å². The van der Waals surface area contributed by atoms with Crippen molar-refractivity contribution in [3.05, 3.63) is 46.2 Å². The SMILES string of the molecule is NC(c1cscn1)C1CCc2cccnc21. The van der Waals surface area contributed by atoms with Gasteiger partial charge in [-0.2, -0.15) is 0 Å². The van der Waals surface area contributed by atoms with Crippen LogP contribution in [-0.4, -0.2) is 9.97 Å². The quantitative estimate of drug-likeness (QED) is 0.862. The summed E-state index contributed by atoms with van der Waals surface area (Å²) < 4.78 is 0. The molecule has 2 aromatic rings. The minimum Gasteiger partial charge on any atom is -0.322 e. The molecule has 0 spiro atoms. The van der Waals surface area contributed by atoms with E-state index in [1.165, 1.54) is 11.3 Å². The van der Waals surface area contributed by atoms with Crippen molar-refractivity contribution in [1.82, 2.24) is 9.97 Å². The van der Waals surface area contributed by atoms with E-state index < -0.39 is 0 Å². The Hall–Kier alpha value is -1.26. The van der Waals surface area contributed by atoms with Crippen molar-refractivity contribution in [2.75, 3.05) is 0 Å². The van der Waals surface area contributed by atoms with E-state index in [4.69, 9.17) is 5.73 Å². The predicted molar refractivity (Wildman–Crippen MR) is 64.3 cm³/mol. The first-order valence-electron chi connectivity index (χ1n) is 5.43. The van der Waals surface area contributed by atoms with E-state index in [1.54, 1.807) is 11.3 Å². The van der Waals surface area contributed by atoms with Crippen LogP contribution in [0.25, 0.3) is 0 Å². The third-order valence-corrected chi connectivity index (χ3v) is 3.83. The Balaban J connectivity index is 1.93. The lowest BCUT2D eigenvalue weighted by Crippen LogP contribution is -2.19. The van der Waals surface area contributed by atoms with Gasteiger partial charge in [-0.05, 0) is 24.5 Å². The fourth-order valence-corrected chi connectivity index (χ4v) is 2.99. The largest absolute Gasteiger partial charge is 0.322 e. The number of hydrogen-bond donors (Lipinski definition) is 1. The Morgan fingerprint density at radius 2 is 2.38 bits per heavy atom. The number of nitrogens with zero attached hydrogens (tertiary/aromatic N) is 2. The summed E-state index contributed by atoms with van der Waals surface area (Å²) in [6.07, 6.45) is 4.03. The Kier molecular flexibility index (Phi) is 2.46. The van der Waals surface area contributed by atoms with Gasteiger partial charge in [0, 0.05) is 23.2 Å². The lowest BCUT2D eigenvalue weighted by molar-refractivity contribution is 0.532. The molecule has 1 aliphatic carbocycles. The molecule has 4 heteroatoms. The standard InChI is InChI=1S/C12H13N3S/c13-11(10-6-16-7-15-10)9-4-3-8-2-1-5-14-12(8)9/h1-2,5-7,9,11H,3-4,13H2. The van der Waals surface area contributed by atoms with Crippen molar-refractivity contribution >= 4 is 11.3 Å². The van der Waals surface area contributed by atoms with Crippen molar-refractivity contribution in [2.45, 2.75) is 24.8 Å². The van der Waals surface area contributed by atoms with Gasteiger partial charge >= 0.3 is 0 Å². The van der Waals surface area contributed by atoms with Crippen LogP contribution in [0, 0.1) is 0 Å². The number of aromatic nitrogens is 2. The Morgan fingerprint density at radius 3 is 3.19 bits per heavy atom. The molecule has 0 aliphatic heterocycles. The summed E-state index contributed by atoms with van der Waals surface area (Å²) in [5.41, 5.74) is 11.6. The van der Waals surface area contributed by atoms with Crippen LogP contribution < -0.4 is 5.73 Å². The zero-order valence-corrected chi connectivity index (χ0v) is 9.65. The molecule has 2 aromatic heterocycles. The first-order chi connectivity index (χ1) is 7.86. The second kappa shape index (κ2) is 3.96. The molecule has 0 bridgehead atoms. The van der Waals surface area contributed by atoms with Gasteiger partial charge in [-0.1, -0.05) is 6.07 Å². The van der Waals surface area contributed by atoms with Crippen molar-refractivity contribution in [3.8, 4) is 0 Å². The summed E-state index contributed by atoms with van der Waals surface area (Å²) in [4.78, 5) is 8.77. The second-order valence-electron chi connectivity index (χ2n) is 4.13. The highest BCUT2D eigenvalue weighted by Gasteiger charge is 2.30. The fourth-order valence-electron chi connectivity index (χ4n) is 2.39. The fraction of sp³-hybridized carbons (Fsp3) is 0.333. The van der Waals surface area contributed by atoms with E-state index in [0.29, 0.717) is 5.92 Å². The first kappa shape index (κ1) is 9.93. The maximum Gasteiger partial charge on any atom is 0.0795 e. The molecule has 82 valence electrons. The average molecular weight is 231 g/mol. The van der Waals surface area contributed by atoms with E-state index in [0.717, 1.165) is 18.5 Å². The highest BCUT2D eigenvalue weighted by atomic mass is 32.1. The summed E-state index contributed by atoms with van der Waals surface area (Å²) in [5.74, 6) is 0.332. The van der Waals surface area contributed by atoms with Crippen LogP contribution in [0.15, 0.2) is 29.2 Å². The molecule has 3 rings (SSSR count). The van der Waals surface area contributed by atoms with Gasteiger partial charge in [0.2, 0.25) is 0 Å². The van der Waals surface area contributed by atoms with Crippen molar-refractivity contribution in [1.29, 1.82) is 0 Å². The Bertz CT molecular complexity index is 481. The van der Waals surface area contributed by atoms with Crippen LogP contribution in [0.2, 0.25) is 0 Å². The van der Waals surface area contributed by atoms with E-state index in [1.807, 2.05) is 23.2 Å². The molecular formula is C12H13N3S. The van der Waals surface area contributed by atoms with Gasteiger partial charge in [0.25, 0.3) is 0 Å². The van der Waals surface area contributed by atoms with Crippen LogP contribution in [0.5, 0.6) is 0 Å². The van der Waals surface area contributed by atoms with Crippen LogP contribution in [-0.2, 0) is 6.42 Å². The van der Waals surface area contributed by atoms with E-state index in [2.05, 4.69) is 16.0 Å². The van der Waals surface area contributed by atoms with Crippen LogP contribution in [0.4, 0.5) is 0 Å². The van der Waals surface area contributed by atoms with E-state index in [-0.39, 0.29) is 6.04 Å². The normalized spacial score (nSPS) is 20.7. The summed E-state index contributed by atoms with van der Waals surface area (Å²) in [6.45, 7) is 0. The summed E-state index contributed by atoms with van der Waals surface area (Å²) >= 11 is 1.60.